The van der Waals surface area contributed by atoms with Crippen LogP contribution < -0.4 is 4.18 Å². The molecular weight excluding hydrogens is 582 g/mol. The Balaban J connectivity index is 1.52. The van der Waals surface area contributed by atoms with Crippen molar-refractivity contribution in [1.82, 2.24) is 4.90 Å². The lowest BCUT2D eigenvalue weighted by Gasteiger charge is -2.49. The third-order valence-electron chi connectivity index (χ3n) is 9.23. The predicted molar refractivity (Wildman–Crippen MR) is 175 cm³/mol. The molecule has 0 fully saturated rings. The number of hydrogen-bond acceptors (Lipinski definition) is 6. The van der Waals surface area contributed by atoms with Gasteiger partial charge in [-0.1, -0.05) is 93.9 Å². The minimum absolute atomic E-state index is 0.00339. The molecule has 0 amide bonds. The number of nitrogens with zero attached hydrogens (tertiary/aromatic N) is 1. The van der Waals surface area contributed by atoms with Crippen molar-refractivity contribution in [2.24, 2.45) is 10.8 Å². The maximum atomic E-state index is 14.2. The molecule has 1 aliphatic heterocycles. The highest BCUT2D eigenvalue weighted by atomic mass is 32.2. The van der Waals surface area contributed by atoms with E-state index in [9.17, 15) is 18.0 Å². The van der Waals surface area contributed by atoms with Crippen molar-refractivity contribution in [1.29, 1.82) is 0 Å². The number of rotatable bonds is 7. The highest BCUT2D eigenvalue weighted by Gasteiger charge is 2.49. The molecule has 3 aliphatic rings. The summed E-state index contributed by atoms with van der Waals surface area (Å²) in [6, 6.07) is 23.7. The molecule has 234 valence electrons. The van der Waals surface area contributed by atoms with Crippen molar-refractivity contribution in [2.75, 3.05) is 6.54 Å². The zero-order chi connectivity index (χ0) is 32.1. The van der Waals surface area contributed by atoms with Crippen LogP contribution in [0.1, 0.15) is 76.0 Å². The number of ketones is 2. The molecular formula is C38H41NO5S. The van der Waals surface area contributed by atoms with Gasteiger partial charge in [-0.05, 0) is 60.8 Å². The lowest BCUT2D eigenvalue weighted by Crippen LogP contribution is -2.45. The van der Waals surface area contributed by atoms with Crippen molar-refractivity contribution >= 4 is 21.7 Å². The number of carbonyl (C=O) groups excluding carboxylic acids is 2. The first-order valence-corrected chi connectivity index (χ1v) is 17.1. The number of para-hydroxylation sites is 1. The van der Waals surface area contributed by atoms with Crippen LogP contribution in [-0.4, -0.2) is 31.4 Å². The largest absolute Gasteiger partial charge is 0.379 e. The van der Waals surface area contributed by atoms with E-state index < -0.39 is 16.0 Å². The van der Waals surface area contributed by atoms with Gasteiger partial charge >= 0.3 is 10.1 Å². The fourth-order valence-electron chi connectivity index (χ4n) is 7.18. The van der Waals surface area contributed by atoms with Gasteiger partial charge in [0.1, 0.15) is 10.6 Å². The summed E-state index contributed by atoms with van der Waals surface area (Å²) in [7, 11) is -4.18. The van der Waals surface area contributed by atoms with Crippen molar-refractivity contribution in [2.45, 2.75) is 77.5 Å². The van der Waals surface area contributed by atoms with E-state index in [1.54, 1.807) is 30.3 Å². The van der Waals surface area contributed by atoms with E-state index in [2.05, 4.69) is 44.7 Å². The van der Waals surface area contributed by atoms with Crippen molar-refractivity contribution in [3.05, 3.63) is 118 Å². The number of allylic oxidation sites excluding steroid dienone is 4. The van der Waals surface area contributed by atoms with E-state index in [0.29, 0.717) is 48.9 Å². The number of hydrogen-bond donors (Lipinski definition) is 0. The average Bonchev–Trinajstić information content (AvgIpc) is 2.95. The standard InChI is InChI=1S/C38H41NO5S/c1-25-15-17-27(18-16-25)45(42,43)44-33-14-10-9-13-28(33)34-35-29(21-37(2,3)23-31(35)40)39(20-19-26-11-7-6-8-12-26)30-22-38(4,5)24-32(41)36(30)34/h6-18,34H,19-24H2,1-5H3. The normalized spacial score (nSPS) is 19.8. The van der Waals surface area contributed by atoms with E-state index in [1.165, 1.54) is 17.7 Å². The highest BCUT2D eigenvalue weighted by Crippen LogP contribution is 2.55. The van der Waals surface area contributed by atoms with Gasteiger partial charge in [-0.3, -0.25) is 9.59 Å². The third-order valence-corrected chi connectivity index (χ3v) is 10.5. The summed E-state index contributed by atoms with van der Waals surface area (Å²) < 4.78 is 32.8. The van der Waals surface area contributed by atoms with Crippen molar-refractivity contribution < 1.29 is 22.2 Å². The zero-order valence-corrected chi connectivity index (χ0v) is 27.5. The monoisotopic (exact) mass is 623 g/mol. The molecule has 6 nitrogen and oxygen atoms in total. The summed E-state index contributed by atoms with van der Waals surface area (Å²) in [6.45, 7) is 11.0. The molecule has 0 unspecified atom stereocenters. The summed E-state index contributed by atoms with van der Waals surface area (Å²) in [4.78, 5) is 30.8. The van der Waals surface area contributed by atoms with Gasteiger partial charge in [0.2, 0.25) is 0 Å². The van der Waals surface area contributed by atoms with Crippen LogP contribution in [0.2, 0.25) is 0 Å². The fourth-order valence-corrected chi connectivity index (χ4v) is 8.13. The Labute approximate surface area is 266 Å². The Bertz CT molecular complexity index is 1780. The molecule has 0 atom stereocenters. The Morgan fingerprint density at radius 2 is 1.27 bits per heavy atom. The zero-order valence-electron chi connectivity index (χ0n) is 26.7. The van der Waals surface area contributed by atoms with Crippen molar-refractivity contribution in [3.8, 4) is 5.75 Å². The first-order valence-electron chi connectivity index (χ1n) is 15.7. The molecule has 7 heteroatoms. The number of Topliss-reactive ketones (excluding diaryl/α,β-unsaturated/α-hetero) is 2. The topological polar surface area (TPSA) is 80.8 Å². The lowest BCUT2D eigenvalue weighted by molar-refractivity contribution is -0.119. The lowest BCUT2D eigenvalue weighted by atomic mass is 9.63. The molecule has 0 spiro atoms. The minimum atomic E-state index is -4.18. The number of aryl methyl sites for hydroxylation is 1. The first-order chi connectivity index (χ1) is 21.2. The van der Waals surface area contributed by atoms with Crippen LogP contribution in [0.4, 0.5) is 0 Å². The van der Waals surface area contributed by atoms with Crippen LogP contribution >= 0.6 is 0 Å². The fraction of sp³-hybridized carbons (Fsp3) is 0.368. The highest BCUT2D eigenvalue weighted by molar-refractivity contribution is 7.87. The van der Waals surface area contributed by atoms with Crippen LogP contribution in [0.25, 0.3) is 0 Å². The number of benzene rings is 3. The maximum absolute atomic E-state index is 14.2. The summed E-state index contributed by atoms with van der Waals surface area (Å²) in [5.41, 5.74) is 5.20. The van der Waals surface area contributed by atoms with Crippen molar-refractivity contribution in [3.63, 3.8) is 0 Å². The Hall–Kier alpha value is -3.97. The van der Waals surface area contributed by atoms with Crippen LogP contribution in [0.15, 0.2) is 106 Å². The molecule has 0 bridgehead atoms. The van der Waals surface area contributed by atoms with E-state index in [0.717, 1.165) is 23.4 Å². The second-order valence-corrected chi connectivity index (χ2v) is 15.9. The quantitative estimate of drug-likeness (QED) is 0.251. The van der Waals surface area contributed by atoms with Crippen LogP contribution in [-0.2, 0) is 26.1 Å². The van der Waals surface area contributed by atoms with E-state index in [-0.39, 0.29) is 33.0 Å². The number of carbonyl (C=O) groups is 2. The van der Waals surface area contributed by atoms with E-state index >= 15 is 0 Å². The maximum Gasteiger partial charge on any atom is 0.339 e. The Kier molecular flexibility index (Phi) is 7.88. The van der Waals surface area contributed by atoms with Gasteiger partial charge < -0.3 is 9.08 Å². The van der Waals surface area contributed by atoms with Crippen LogP contribution in [0.5, 0.6) is 5.75 Å². The molecule has 3 aromatic carbocycles. The predicted octanol–water partition coefficient (Wildman–Crippen LogP) is 7.69. The summed E-state index contributed by atoms with van der Waals surface area (Å²) in [5, 5.41) is 0. The second kappa shape index (κ2) is 11.4. The SMILES string of the molecule is Cc1ccc(S(=O)(=O)Oc2ccccc2C2C3=C(CC(C)(C)CC3=O)N(CCc3ccccc3)C3=C2C(=O)CC(C)(C)C3)cc1. The summed E-state index contributed by atoms with van der Waals surface area (Å²) in [6.07, 6.45) is 2.81. The van der Waals surface area contributed by atoms with Gasteiger partial charge in [-0.15, -0.1) is 0 Å². The van der Waals surface area contributed by atoms with Gasteiger partial charge in [0.05, 0.1) is 0 Å². The first kappa shape index (κ1) is 31.0. The van der Waals surface area contributed by atoms with Gasteiger partial charge in [0, 0.05) is 53.4 Å². The molecule has 6 rings (SSSR count). The molecule has 0 saturated carbocycles. The summed E-state index contributed by atoms with van der Waals surface area (Å²) >= 11 is 0. The minimum Gasteiger partial charge on any atom is -0.379 e. The van der Waals surface area contributed by atoms with Gasteiger partial charge in [0.15, 0.2) is 11.6 Å². The third kappa shape index (κ3) is 6.15. The van der Waals surface area contributed by atoms with Gasteiger partial charge in [-0.2, -0.15) is 8.42 Å². The Morgan fingerprint density at radius 1 is 0.733 bits per heavy atom. The molecule has 0 N–H and O–H groups in total. The summed E-state index contributed by atoms with van der Waals surface area (Å²) in [5.74, 6) is -0.581. The molecule has 2 aliphatic carbocycles. The van der Waals surface area contributed by atoms with E-state index in [1.807, 2.05) is 31.2 Å². The van der Waals surface area contributed by atoms with E-state index in [4.69, 9.17) is 4.18 Å². The molecule has 0 saturated heterocycles. The molecule has 0 aromatic heterocycles. The van der Waals surface area contributed by atoms with Gasteiger partial charge in [0.25, 0.3) is 0 Å². The van der Waals surface area contributed by atoms with Crippen LogP contribution in [0, 0.1) is 17.8 Å². The average molecular weight is 624 g/mol. The molecule has 3 aromatic rings. The van der Waals surface area contributed by atoms with Crippen LogP contribution in [0.3, 0.4) is 0 Å². The second-order valence-electron chi connectivity index (χ2n) is 14.3. The molecule has 1 heterocycles. The Morgan fingerprint density at radius 3 is 1.84 bits per heavy atom. The smallest absolute Gasteiger partial charge is 0.339 e. The molecule has 0 radical (unpaired) electrons. The van der Waals surface area contributed by atoms with Gasteiger partial charge in [-0.25, -0.2) is 0 Å². The molecule has 45 heavy (non-hydrogen) atoms.